The first-order chi connectivity index (χ1) is 19.3. The minimum atomic E-state index is -5.20. The Morgan fingerprint density at radius 3 is 2.20 bits per heavy atom. The molecule has 5 aliphatic rings. The van der Waals surface area contributed by atoms with Crippen LogP contribution in [0.4, 0.5) is 0 Å². The maximum absolute atomic E-state index is 12.6. The van der Waals surface area contributed by atoms with Gasteiger partial charge in [-0.1, -0.05) is 25.5 Å². The Kier molecular flexibility index (Phi) is 12.6. The second-order valence-electron chi connectivity index (χ2n) is 13.3. The summed E-state index contributed by atoms with van der Waals surface area (Å²) in [6, 6.07) is 0. The van der Waals surface area contributed by atoms with Crippen molar-refractivity contribution in [2.24, 2.45) is 34.5 Å². The monoisotopic (exact) mass is 682 g/mol. The van der Waals surface area contributed by atoms with Crippen LogP contribution in [0.3, 0.4) is 0 Å². The number of aliphatic hydroxyl groups excluding tert-OH is 2. The van der Waals surface area contributed by atoms with Gasteiger partial charge in [0.05, 0.1) is 18.3 Å². The van der Waals surface area contributed by atoms with Crippen LogP contribution >= 0.6 is 0 Å². The van der Waals surface area contributed by atoms with Gasteiger partial charge in [0, 0.05) is 5.92 Å². The summed E-state index contributed by atoms with van der Waals surface area (Å²) in [5.41, 5.74) is 0.530. The second-order valence-corrected chi connectivity index (χ2v) is 15.3. The van der Waals surface area contributed by atoms with Crippen LogP contribution in [0.15, 0.2) is 11.6 Å². The molecule has 13 nitrogen and oxygen atoms in total. The van der Waals surface area contributed by atoms with Gasteiger partial charge >= 0.3 is 59.1 Å². The van der Waals surface area contributed by atoms with Crippen molar-refractivity contribution in [3.8, 4) is 0 Å². The zero-order valence-electron chi connectivity index (χ0n) is 26.1. The molecule has 1 heterocycles. The van der Waals surface area contributed by atoms with Crippen LogP contribution in [-0.2, 0) is 43.4 Å². The summed E-state index contributed by atoms with van der Waals surface area (Å²) in [6.07, 6.45) is -3.17. The van der Waals surface area contributed by atoms with E-state index in [1.165, 1.54) is 12.5 Å². The van der Waals surface area contributed by atoms with Gasteiger partial charge in [-0.15, -0.1) is 0 Å². The molecule has 1 aliphatic heterocycles. The van der Waals surface area contributed by atoms with Gasteiger partial charge < -0.3 is 28.8 Å². The average molecular weight is 683 g/mol. The molecule has 0 unspecified atom stereocenters. The largest absolute Gasteiger partial charge is 1.00 e. The van der Waals surface area contributed by atoms with Gasteiger partial charge in [-0.05, 0) is 87.4 Å². The predicted octanol–water partition coefficient (Wildman–Crippen LogP) is -4.69. The van der Waals surface area contributed by atoms with Gasteiger partial charge in [-0.25, -0.2) is 16.8 Å². The predicted molar refractivity (Wildman–Crippen MR) is 142 cm³/mol. The number of hydrogen-bond donors (Lipinski definition) is 2. The van der Waals surface area contributed by atoms with Gasteiger partial charge in [-0.2, -0.15) is 0 Å². The molecule has 240 valence electrons. The quantitative estimate of drug-likeness (QED) is 0.112. The number of hydrogen-bond acceptors (Lipinski definition) is 13. The van der Waals surface area contributed by atoms with Crippen molar-refractivity contribution in [2.45, 2.75) is 116 Å². The Morgan fingerprint density at radius 2 is 1.61 bits per heavy atom. The van der Waals surface area contributed by atoms with Crippen molar-refractivity contribution in [3.05, 3.63) is 11.6 Å². The molecular weight excluding hydrogens is 642 g/mol. The van der Waals surface area contributed by atoms with Crippen molar-refractivity contribution < 1.29 is 118 Å². The van der Waals surface area contributed by atoms with Crippen molar-refractivity contribution in [3.63, 3.8) is 0 Å². The number of Topliss-reactive ketones (excluding diaryl/α,β-unsaturated/α-hetero) is 1. The minimum absolute atomic E-state index is 0. The third-order valence-electron chi connectivity index (χ3n) is 11.0. The smallest absolute Gasteiger partial charge is 0.726 e. The Labute approximate surface area is 303 Å². The molecule has 0 spiro atoms. The SMILES string of the molecule is CC(=O)[C@H]1CC[C@H]2[C@@H]3C[C@H](O[C@H]4O[C@@H](C)[C@H](OS(=O)(=O)[O-])[C@@H](O)[C@@H]4O)[C@H]4C[C@@H](OS(=O)(=O)[O-])CC[C@]4(C)C3=CC[C@]12C.[Na+].[Na+]. The molecule has 4 fully saturated rings. The Balaban J connectivity index is 0.00000264. The molecule has 0 aromatic heterocycles. The van der Waals surface area contributed by atoms with E-state index >= 15 is 0 Å². The third-order valence-corrected chi connectivity index (χ3v) is 12.0. The molecule has 0 aromatic rings. The van der Waals surface area contributed by atoms with E-state index in [1.54, 1.807) is 6.92 Å². The Bertz CT molecular complexity index is 1330. The zero-order valence-corrected chi connectivity index (χ0v) is 31.7. The van der Waals surface area contributed by atoms with E-state index in [2.05, 4.69) is 24.1 Å². The maximum Gasteiger partial charge on any atom is 1.00 e. The average Bonchev–Trinajstić information content (AvgIpc) is 3.22. The van der Waals surface area contributed by atoms with Crippen LogP contribution < -0.4 is 59.1 Å². The molecule has 4 aliphatic carbocycles. The fourth-order valence-electron chi connectivity index (χ4n) is 9.14. The van der Waals surface area contributed by atoms with E-state index in [0.717, 1.165) is 19.3 Å². The van der Waals surface area contributed by atoms with Gasteiger partial charge in [0.1, 0.15) is 24.1 Å². The number of ketones is 1. The molecule has 0 bridgehead atoms. The number of rotatable bonds is 7. The van der Waals surface area contributed by atoms with Crippen LogP contribution in [0.1, 0.15) is 72.6 Å². The van der Waals surface area contributed by atoms with Crippen molar-refractivity contribution in [2.75, 3.05) is 0 Å². The third kappa shape index (κ3) is 7.58. The summed E-state index contributed by atoms with van der Waals surface area (Å²) < 4.78 is 89.3. The first kappa shape index (κ1) is 39.4. The number of aliphatic hydroxyl groups is 2. The maximum atomic E-state index is 12.6. The number of allylic oxidation sites excluding steroid dienone is 2. The van der Waals surface area contributed by atoms with E-state index in [-0.39, 0.29) is 100 Å². The molecule has 44 heavy (non-hydrogen) atoms. The molecular formula is C27H40Na2O13S2. The summed E-state index contributed by atoms with van der Waals surface area (Å²) in [6.45, 7) is 7.26. The van der Waals surface area contributed by atoms with Gasteiger partial charge in [0.2, 0.25) is 20.8 Å². The Morgan fingerprint density at radius 1 is 0.977 bits per heavy atom. The minimum Gasteiger partial charge on any atom is -0.726 e. The second kappa shape index (κ2) is 14.1. The number of carbonyl (C=O) groups excluding carboxylic acids is 1. The summed E-state index contributed by atoms with van der Waals surface area (Å²) in [7, 11) is -10.2. The van der Waals surface area contributed by atoms with Crippen LogP contribution in [0, 0.1) is 34.5 Å². The zero-order chi connectivity index (χ0) is 31.0. The van der Waals surface area contributed by atoms with Crippen molar-refractivity contribution >= 4 is 26.6 Å². The molecule has 13 atom stereocenters. The molecule has 17 heteroatoms. The fraction of sp³-hybridized carbons (Fsp3) is 0.889. The van der Waals surface area contributed by atoms with E-state index < -0.39 is 69.1 Å². The summed E-state index contributed by atoms with van der Waals surface area (Å²) in [5, 5.41) is 21.5. The summed E-state index contributed by atoms with van der Waals surface area (Å²) in [4.78, 5) is 12.6. The molecule has 3 saturated carbocycles. The Hall–Kier alpha value is 0.990. The summed E-state index contributed by atoms with van der Waals surface area (Å²) >= 11 is 0. The van der Waals surface area contributed by atoms with Gasteiger partial charge in [-0.3, -0.25) is 13.2 Å². The molecule has 0 radical (unpaired) electrons. The van der Waals surface area contributed by atoms with Gasteiger partial charge in [0.15, 0.2) is 6.29 Å². The molecule has 0 amide bonds. The molecule has 1 saturated heterocycles. The van der Waals surface area contributed by atoms with E-state index in [0.29, 0.717) is 19.3 Å². The molecule has 2 N–H and O–H groups in total. The van der Waals surface area contributed by atoms with Crippen molar-refractivity contribution in [1.29, 1.82) is 0 Å². The van der Waals surface area contributed by atoms with Crippen LogP contribution in [0.2, 0.25) is 0 Å². The number of ether oxygens (including phenoxy) is 2. The fourth-order valence-corrected chi connectivity index (χ4v) is 10.2. The summed E-state index contributed by atoms with van der Waals surface area (Å²) in [5.74, 6) is -0.0307. The van der Waals surface area contributed by atoms with E-state index in [1.807, 2.05) is 0 Å². The van der Waals surface area contributed by atoms with Crippen LogP contribution in [0.5, 0.6) is 0 Å². The van der Waals surface area contributed by atoms with E-state index in [9.17, 15) is 40.9 Å². The normalized spacial score (nSPS) is 45.5. The van der Waals surface area contributed by atoms with Gasteiger partial charge in [0.25, 0.3) is 0 Å². The standard InChI is InChI=1S/C27H42O13S2.2Na/c1-13(28)17-5-6-18-16-12-21(38-25-23(30)22(29)24(14(2)37-25)40-42(34,35)36)20-11-15(39-41(31,32)33)7-9-27(20,4)19(16)8-10-26(17,18)3;;/h8,14-18,20-25,29-30H,5-7,9-12H2,1-4H3,(H,31,32,33)(H,34,35,36);;/q;2*+1/p-2/t14-,15-,16-,17+,18-,20+,21-,22-,23-,24-,25+,26+,27+;;/m0../s1. The van der Waals surface area contributed by atoms with Crippen LogP contribution in [-0.4, -0.2) is 84.9 Å². The van der Waals surface area contributed by atoms with E-state index in [4.69, 9.17) is 13.7 Å². The van der Waals surface area contributed by atoms with Crippen molar-refractivity contribution in [1.82, 2.24) is 0 Å². The van der Waals surface area contributed by atoms with Crippen LogP contribution in [0.25, 0.3) is 0 Å². The first-order valence-electron chi connectivity index (χ1n) is 14.5. The topological polar surface area (TPSA) is 209 Å². The molecule has 0 aromatic carbocycles. The molecule has 5 rings (SSSR count). The number of carbonyl (C=O) groups is 1. The first-order valence-corrected chi connectivity index (χ1v) is 17.2. The number of fused-ring (bicyclic) bond motifs is 5.